The van der Waals surface area contributed by atoms with Crippen molar-refractivity contribution in [2.75, 3.05) is 20.2 Å². The molecule has 136 valence electrons. The van der Waals surface area contributed by atoms with Gasteiger partial charge in [0, 0.05) is 26.3 Å². The van der Waals surface area contributed by atoms with Crippen LogP contribution in [0.3, 0.4) is 0 Å². The van der Waals surface area contributed by atoms with Gasteiger partial charge in [0.1, 0.15) is 11.9 Å². The van der Waals surface area contributed by atoms with Gasteiger partial charge in [-0.05, 0) is 36.4 Å². The summed E-state index contributed by atoms with van der Waals surface area (Å²) < 4.78 is 8.04. The second kappa shape index (κ2) is 8.65. The molecule has 1 aromatic heterocycles. The minimum absolute atomic E-state index is 0.215. The molecule has 0 fully saturated rings. The lowest BCUT2D eigenvalue weighted by atomic mass is 10.1. The summed E-state index contributed by atoms with van der Waals surface area (Å²) in [6, 6.07) is 19.5. The monoisotopic (exact) mass is 351 g/mol. The summed E-state index contributed by atoms with van der Waals surface area (Å²) in [4.78, 5) is 2.24. The number of nitrogens with zero attached hydrogens (tertiary/aromatic N) is 3. The average molecular weight is 351 g/mol. The molecule has 0 spiro atoms. The molecule has 0 aliphatic heterocycles. The summed E-state index contributed by atoms with van der Waals surface area (Å²) in [6.45, 7) is 2.31. The molecule has 0 amide bonds. The predicted molar refractivity (Wildman–Crippen MR) is 102 cm³/mol. The van der Waals surface area contributed by atoms with E-state index in [0.29, 0.717) is 6.61 Å². The number of benzene rings is 2. The molecule has 0 saturated carbocycles. The number of ether oxygens (including phenoxy) is 1. The van der Waals surface area contributed by atoms with Gasteiger partial charge in [-0.3, -0.25) is 9.58 Å². The van der Waals surface area contributed by atoms with Gasteiger partial charge in [-0.25, -0.2) is 0 Å². The van der Waals surface area contributed by atoms with Gasteiger partial charge in [0.15, 0.2) is 0 Å². The van der Waals surface area contributed by atoms with E-state index in [1.807, 2.05) is 36.0 Å². The molecule has 2 aromatic carbocycles. The van der Waals surface area contributed by atoms with Gasteiger partial charge in [-0.2, -0.15) is 5.10 Å². The van der Waals surface area contributed by atoms with E-state index in [0.717, 1.165) is 24.3 Å². The highest BCUT2D eigenvalue weighted by Crippen LogP contribution is 2.26. The molecule has 1 unspecified atom stereocenters. The number of phenols is 1. The molecule has 1 N–H and O–H groups in total. The van der Waals surface area contributed by atoms with Crippen molar-refractivity contribution in [2.45, 2.75) is 12.6 Å². The van der Waals surface area contributed by atoms with Crippen molar-refractivity contribution < 1.29 is 9.84 Å². The molecule has 0 bridgehead atoms. The molecule has 5 heteroatoms. The molecule has 1 heterocycles. The van der Waals surface area contributed by atoms with Crippen LogP contribution in [-0.4, -0.2) is 40.0 Å². The minimum Gasteiger partial charge on any atom is -0.508 e. The first kappa shape index (κ1) is 18.2. The first-order chi connectivity index (χ1) is 12.6. The van der Waals surface area contributed by atoms with Gasteiger partial charge in [0.25, 0.3) is 0 Å². The maximum Gasteiger partial charge on any atom is 0.124 e. The number of likely N-dealkylation sites (N-methyl/N-ethyl adjacent to an activating group) is 1. The number of hydrogen-bond acceptors (Lipinski definition) is 4. The smallest absolute Gasteiger partial charge is 0.124 e. The van der Waals surface area contributed by atoms with Crippen LogP contribution >= 0.6 is 0 Å². The lowest BCUT2D eigenvalue weighted by molar-refractivity contribution is 0.0589. The molecule has 26 heavy (non-hydrogen) atoms. The molecule has 5 nitrogen and oxygen atoms in total. The number of aryl methyl sites for hydroxylation is 1. The van der Waals surface area contributed by atoms with Crippen molar-refractivity contribution in [1.29, 1.82) is 0 Å². The first-order valence-corrected chi connectivity index (χ1v) is 8.74. The molecule has 3 rings (SSSR count). The van der Waals surface area contributed by atoms with Crippen LogP contribution in [-0.2, 0) is 18.3 Å². The average Bonchev–Trinajstić information content (AvgIpc) is 3.06. The van der Waals surface area contributed by atoms with Crippen LogP contribution in [0.1, 0.15) is 22.9 Å². The van der Waals surface area contributed by atoms with E-state index >= 15 is 0 Å². The topological polar surface area (TPSA) is 50.5 Å². The van der Waals surface area contributed by atoms with E-state index < -0.39 is 0 Å². The Labute approximate surface area is 154 Å². The maximum absolute atomic E-state index is 9.55. The largest absolute Gasteiger partial charge is 0.508 e. The highest BCUT2D eigenvalue weighted by atomic mass is 16.5. The summed E-state index contributed by atoms with van der Waals surface area (Å²) in [6.07, 6.45) is 1.56. The third-order valence-electron chi connectivity index (χ3n) is 4.38. The Bertz CT molecular complexity index is 800. The molecule has 1 atom stereocenters. The van der Waals surface area contributed by atoms with Crippen molar-refractivity contribution in [3.05, 3.63) is 83.7 Å². The number of aromatic hydroxyl groups is 1. The zero-order chi connectivity index (χ0) is 18.4. The van der Waals surface area contributed by atoms with Crippen LogP contribution in [0.5, 0.6) is 5.75 Å². The third-order valence-corrected chi connectivity index (χ3v) is 4.38. The van der Waals surface area contributed by atoms with Crippen molar-refractivity contribution in [3.8, 4) is 5.75 Å². The van der Waals surface area contributed by atoms with E-state index in [9.17, 15) is 5.11 Å². The van der Waals surface area contributed by atoms with Gasteiger partial charge >= 0.3 is 0 Å². The zero-order valence-electron chi connectivity index (χ0n) is 15.2. The highest BCUT2D eigenvalue weighted by molar-refractivity contribution is 5.31. The Kier molecular flexibility index (Phi) is 6.04. The van der Waals surface area contributed by atoms with E-state index in [2.05, 4.69) is 41.3 Å². The predicted octanol–water partition coefficient (Wildman–Crippen LogP) is 3.36. The van der Waals surface area contributed by atoms with E-state index in [1.165, 1.54) is 5.56 Å². The SMILES string of the molecule is CN(CCOC(c1ccc(O)cc1)c1ccnn1C)Cc1ccccc1. The van der Waals surface area contributed by atoms with Gasteiger partial charge in [-0.1, -0.05) is 42.5 Å². The van der Waals surface area contributed by atoms with E-state index in [-0.39, 0.29) is 11.9 Å². The fraction of sp³-hybridized carbons (Fsp3) is 0.286. The summed E-state index contributed by atoms with van der Waals surface area (Å²) in [5.41, 5.74) is 3.27. The van der Waals surface area contributed by atoms with Crippen molar-refractivity contribution >= 4 is 0 Å². The normalized spacial score (nSPS) is 12.4. The van der Waals surface area contributed by atoms with Gasteiger partial charge in [-0.15, -0.1) is 0 Å². The van der Waals surface area contributed by atoms with Gasteiger partial charge in [0.2, 0.25) is 0 Å². The van der Waals surface area contributed by atoms with Crippen LogP contribution in [0.2, 0.25) is 0 Å². The van der Waals surface area contributed by atoms with Crippen molar-refractivity contribution in [3.63, 3.8) is 0 Å². The third kappa shape index (κ3) is 4.71. The Morgan fingerprint density at radius 1 is 1.08 bits per heavy atom. The maximum atomic E-state index is 9.55. The summed E-state index contributed by atoms with van der Waals surface area (Å²) >= 11 is 0. The number of hydrogen-bond donors (Lipinski definition) is 1. The molecule has 0 aliphatic rings. The Hall–Kier alpha value is -2.63. The zero-order valence-corrected chi connectivity index (χ0v) is 15.2. The van der Waals surface area contributed by atoms with Crippen LogP contribution in [0, 0.1) is 0 Å². The van der Waals surface area contributed by atoms with Crippen LogP contribution in [0.15, 0.2) is 66.9 Å². The number of phenolic OH excluding ortho intramolecular Hbond substituents is 1. The standard InChI is InChI=1S/C21H25N3O2/c1-23(16-17-6-4-3-5-7-17)14-15-26-21(20-12-13-22-24(20)2)18-8-10-19(25)11-9-18/h3-13,21,25H,14-16H2,1-2H3. The molecule has 0 radical (unpaired) electrons. The van der Waals surface area contributed by atoms with E-state index in [1.54, 1.807) is 18.3 Å². The lowest BCUT2D eigenvalue weighted by Gasteiger charge is -2.22. The Morgan fingerprint density at radius 3 is 2.46 bits per heavy atom. The van der Waals surface area contributed by atoms with Crippen LogP contribution in [0.25, 0.3) is 0 Å². The fourth-order valence-electron chi connectivity index (χ4n) is 2.94. The molecule has 0 aliphatic carbocycles. The van der Waals surface area contributed by atoms with Crippen LogP contribution < -0.4 is 0 Å². The minimum atomic E-state index is -0.215. The molecular weight excluding hydrogens is 326 g/mol. The van der Waals surface area contributed by atoms with Crippen molar-refractivity contribution in [1.82, 2.24) is 14.7 Å². The first-order valence-electron chi connectivity index (χ1n) is 8.74. The molecular formula is C21H25N3O2. The summed E-state index contributed by atoms with van der Waals surface area (Å²) in [5, 5.41) is 13.8. The second-order valence-electron chi connectivity index (χ2n) is 6.45. The van der Waals surface area contributed by atoms with E-state index in [4.69, 9.17) is 4.74 Å². The Morgan fingerprint density at radius 2 is 1.81 bits per heavy atom. The summed E-state index contributed by atoms with van der Waals surface area (Å²) in [7, 11) is 4.00. The Balaban J connectivity index is 1.63. The van der Waals surface area contributed by atoms with Crippen molar-refractivity contribution in [2.24, 2.45) is 7.05 Å². The molecule has 0 saturated heterocycles. The number of rotatable bonds is 8. The lowest BCUT2D eigenvalue weighted by Crippen LogP contribution is -2.24. The quantitative estimate of drug-likeness (QED) is 0.676. The van der Waals surface area contributed by atoms with Gasteiger partial charge in [0.05, 0.1) is 12.3 Å². The fourth-order valence-corrected chi connectivity index (χ4v) is 2.94. The molecule has 3 aromatic rings. The summed E-state index contributed by atoms with van der Waals surface area (Å²) in [5.74, 6) is 0.250. The number of aromatic nitrogens is 2. The highest BCUT2D eigenvalue weighted by Gasteiger charge is 2.18. The van der Waals surface area contributed by atoms with Crippen LogP contribution in [0.4, 0.5) is 0 Å². The second-order valence-corrected chi connectivity index (χ2v) is 6.45. The van der Waals surface area contributed by atoms with Gasteiger partial charge < -0.3 is 9.84 Å².